The molecule has 1 aliphatic heterocycles. The molecule has 2 atom stereocenters. The predicted octanol–water partition coefficient (Wildman–Crippen LogP) is 1.47. The zero-order valence-electron chi connectivity index (χ0n) is 10.3. The van der Waals surface area contributed by atoms with Crippen molar-refractivity contribution in [1.29, 1.82) is 0 Å². The molecule has 0 aromatic heterocycles. The molecule has 4 nitrogen and oxygen atoms in total. The van der Waals surface area contributed by atoms with E-state index in [0.29, 0.717) is 0 Å². The van der Waals surface area contributed by atoms with E-state index in [4.69, 9.17) is 5.11 Å². The van der Waals surface area contributed by atoms with E-state index < -0.39 is 17.6 Å². The van der Waals surface area contributed by atoms with Crippen molar-refractivity contribution in [2.45, 2.75) is 18.1 Å². The third kappa shape index (κ3) is 2.09. The van der Waals surface area contributed by atoms with Crippen LogP contribution in [0.2, 0.25) is 0 Å². The molecule has 2 aromatic rings. The van der Waals surface area contributed by atoms with E-state index in [2.05, 4.69) is 5.32 Å². The van der Waals surface area contributed by atoms with Crippen molar-refractivity contribution in [3.63, 3.8) is 0 Å². The molecule has 1 unspecified atom stereocenters. The maximum atomic E-state index is 11.0. The van der Waals surface area contributed by atoms with Crippen LogP contribution >= 0.6 is 0 Å². The van der Waals surface area contributed by atoms with Gasteiger partial charge in [-0.3, -0.25) is 4.79 Å². The molecule has 0 bridgehead atoms. The molecular formula is C15H15NO3. The minimum atomic E-state index is -1.10. The highest BCUT2D eigenvalue weighted by Crippen LogP contribution is 2.32. The van der Waals surface area contributed by atoms with Gasteiger partial charge in [-0.25, -0.2) is 0 Å². The van der Waals surface area contributed by atoms with Gasteiger partial charge in [-0.15, -0.1) is 0 Å². The molecule has 3 rings (SSSR count). The highest BCUT2D eigenvalue weighted by atomic mass is 16.4. The summed E-state index contributed by atoms with van der Waals surface area (Å²) < 4.78 is 0. The lowest BCUT2D eigenvalue weighted by Gasteiger charge is -2.22. The quantitative estimate of drug-likeness (QED) is 0.762. The number of aliphatic hydroxyl groups is 1. The number of nitrogens with one attached hydrogen (secondary N) is 1. The largest absolute Gasteiger partial charge is 0.480 e. The van der Waals surface area contributed by atoms with Gasteiger partial charge in [0.05, 0.1) is 0 Å². The van der Waals surface area contributed by atoms with Crippen LogP contribution in [0, 0.1) is 0 Å². The summed E-state index contributed by atoms with van der Waals surface area (Å²) in [6.07, 6.45) is 0.195. The SMILES string of the molecule is O=C(O)[C@@H]1CC(O)(c2ccc3ccccc3c2)CN1. The van der Waals surface area contributed by atoms with Gasteiger partial charge in [0, 0.05) is 13.0 Å². The van der Waals surface area contributed by atoms with Gasteiger partial charge in [0.2, 0.25) is 0 Å². The summed E-state index contributed by atoms with van der Waals surface area (Å²) in [5, 5.41) is 24.6. The average molecular weight is 257 g/mol. The second-order valence-corrected chi connectivity index (χ2v) is 5.07. The third-order valence-corrected chi connectivity index (χ3v) is 3.77. The number of carbonyl (C=O) groups is 1. The summed E-state index contributed by atoms with van der Waals surface area (Å²) >= 11 is 0. The van der Waals surface area contributed by atoms with Crippen molar-refractivity contribution < 1.29 is 15.0 Å². The van der Waals surface area contributed by atoms with Gasteiger partial charge >= 0.3 is 5.97 Å². The van der Waals surface area contributed by atoms with Crippen LogP contribution in [0.15, 0.2) is 42.5 Å². The van der Waals surface area contributed by atoms with E-state index in [1.54, 1.807) is 0 Å². The van der Waals surface area contributed by atoms with Gasteiger partial charge in [-0.1, -0.05) is 36.4 Å². The zero-order valence-corrected chi connectivity index (χ0v) is 10.3. The molecule has 1 saturated heterocycles. The first-order valence-electron chi connectivity index (χ1n) is 6.26. The molecule has 19 heavy (non-hydrogen) atoms. The molecule has 0 aliphatic carbocycles. The van der Waals surface area contributed by atoms with Crippen molar-refractivity contribution >= 4 is 16.7 Å². The van der Waals surface area contributed by atoms with Crippen LogP contribution in [0.25, 0.3) is 10.8 Å². The number of hydrogen-bond acceptors (Lipinski definition) is 3. The Kier molecular flexibility index (Phi) is 2.77. The summed E-state index contributed by atoms with van der Waals surface area (Å²) in [7, 11) is 0. The lowest BCUT2D eigenvalue weighted by molar-refractivity contribution is -0.139. The minimum absolute atomic E-state index is 0.195. The zero-order chi connectivity index (χ0) is 13.5. The Labute approximate surface area is 110 Å². The number of carboxylic acids is 1. The molecule has 0 saturated carbocycles. The van der Waals surface area contributed by atoms with Gasteiger partial charge in [0.25, 0.3) is 0 Å². The molecule has 0 spiro atoms. The van der Waals surface area contributed by atoms with E-state index in [9.17, 15) is 9.90 Å². The van der Waals surface area contributed by atoms with Crippen molar-refractivity contribution in [2.24, 2.45) is 0 Å². The van der Waals surface area contributed by atoms with Crippen LogP contribution < -0.4 is 5.32 Å². The smallest absolute Gasteiger partial charge is 0.320 e. The fourth-order valence-electron chi connectivity index (χ4n) is 2.65. The van der Waals surface area contributed by atoms with Crippen LogP contribution in [0.1, 0.15) is 12.0 Å². The monoisotopic (exact) mass is 257 g/mol. The van der Waals surface area contributed by atoms with E-state index in [0.717, 1.165) is 16.3 Å². The Hall–Kier alpha value is -1.91. The van der Waals surface area contributed by atoms with Gasteiger partial charge < -0.3 is 15.5 Å². The van der Waals surface area contributed by atoms with Crippen molar-refractivity contribution in [2.75, 3.05) is 6.54 Å². The Bertz CT molecular complexity index is 640. The number of β-amino-alcohol motifs (C(OH)–C–C–N with tert-alkyl or cyclic N) is 1. The Morgan fingerprint density at radius 3 is 2.63 bits per heavy atom. The highest BCUT2D eigenvalue weighted by molar-refractivity contribution is 5.83. The Morgan fingerprint density at radius 2 is 1.95 bits per heavy atom. The van der Waals surface area contributed by atoms with Crippen molar-refractivity contribution in [3.05, 3.63) is 48.0 Å². The van der Waals surface area contributed by atoms with Gasteiger partial charge in [-0.2, -0.15) is 0 Å². The van der Waals surface area contributed by atoms with E-state index >= 15 is 0 Å². The number of aliphatic carboxylic acids is 1. The maximum Gasteiger partial charge on any atom is 0.320 e. The molecule has 4 heteroatoms. The molecule has 3 N–H and O–H groups in total. The lowest BCUT2D eigenvalue weighted by atomic mass is 9.89. The van der Waals surface area contributed by atoms with Crippen LogP contribution in [-0.4, -0.2) is 28.8 Å². The van der Waals surface area contributed by atoms with E-state index in [-0.39, 0.29) is 13.0 Å². The number of benzene rings is 2. The standard InChI is InChI=1S/C15H15NO3/c17-14(18)13-8-15(19,9-16-13)12-6-5-10-3-1-2-4-11(10)7-12/h1-7,13,16,19H,8-9H2,(H,17,18)/t13-,15?/m0/s1. The summed E-state index contributed by atoms with van der Waals surface area (Å²) in [5.41, 5.74) is -0.338. The molecule has 98 valence electrons. The first-order chi connectivity index (χ1) is 9.08. The van der Waals surface area contributed by atoms with Crippen molar-refractivity contribution in [1.82, 2.24) is 5.32 Å². The van der Waals surface area contributed by atoms with Crippen molar-refractivity contribution in [3.8, 4) is 0 Å². The van der Waals surface area contributed by atoms with Gasteiger partial charge in [0.1, 0.15) is 11.6 Å². The molecule has 0 amide bonds. The van der Waals surface area contributed by atoms with Crippen LogP contribution in [-0.2, 0) is 10.4 Å². The Balaban J connectivity index is 1.98. The molecule has 1 aliphatic rings. The number of carboxylic acid groups (broad SMARTS) is 1. The average Bonchev–Trinajstić information content (AvgIpc) is 2.82. The van der Waals surface area contributed by atoms with Gasteiger partial charge in [0.15, 0.2) is 0 Å². The maximum absolute atomic E-state index is 11.0. The number of fused-ring (bicyclic) bond motifs is 1. The number of rotatable bonds is 2. The van der Waals surface area contributed by atoms with Gasteiger partial charge in [-0.05, 0) is 22.4 Å². The molecule has 2 aromatic carbocycles. The molecule has 1 fully saturated rings. The normalized spacial score (nSPS) is 26.7. The fraction of sp³-hybridized carbons (Fsp3) is 0.267. The first kappa shape index (κ1) is 12.1. The summed E-state index contributed by atoms with van der Waals surface area (Å²) in [4.78, 5) is 11.0. The molecular weight excluding hydrogens is 242 g/mol. The van der Waals surface area contributed by atoms with Crippen LogP contribution in [0.4, 0.5) is 0 Å². The second kappa shape index (κ2) is 4.33. The minimum Gasteiger partial charge on any atom is -0.480 e. The molecule has 1 heterocycles. The highest BCUT2D eigenvalue weighted by Gasteiger charge is 2.41. The fourth-order valence-corrected chi connectivity index (χ4v) is 2.65. The first-order valence-corrected chi connectivity index (χ1v) is 6.26. The summed E-state index contributed by atoms with van der Waals surface area (Å²) in [6.45, 7) is 0.266. The molecule has 0 radical (unpaired) electrons. The lowest BCUT2D eigenvalue weighted by Crippen LogP contribution is -2.30. The van der Waals surface area contributed by atoms with Crippen LogP contribution in [0.3, 0.4) is 0 Å². The topological polar surface area (TPSA) is 69.6 Å². The van der Waals surface area contributed by atoms with E-state index in [1.807, 2.05) is 42.5 Å². The third-order valence-electron chi connectivity index (χ3n) is 3.77. The summed E-state index contributed by atoms with van der Waals surface area (Å²) in [5.74, 6) is -0.920. The Morgan fingerprint density at radius 1 is 1.21 bits per heavy atom. The summed E-state index contributed by atoms with van der Waals surface area (Å²) in [6, 6.07) is 13.0. The second-order valence-electron chi connectivity index (χ2n) is 5.07. The van der Waals surface area contributed by atoms with E-state index in [1.165, 1.54) is 0 Å². The van der Waals surface area contributed by atoms with Crippen LogP contribution in [0.5, 0.6) is 0 Å². The predicted molar refractivity (Wildman–Crippen MR) is 71.9 cm³/mol. The number of hydrogen-bond donors (Lipinski definition) is 3.